The van der Waals surface area contributed by atoms with Gasteiger partial charge in [0.25, 0.3) is 9.05 Å². The minimum absolute atomic E-state index is 0.0733. The fourth-order valence-electron chi connectivity index (χ4n) is 1.46. The van der Waals surface area contributed by atoms with Crippen LogP contribution in [0.15, 0.2) is 30.2 Å². The first-order valence-electron chi connectivity index (χ1n) is 4.81. The molecule has 4 nitrogen and oxygen atoms in total. The second-order valence-electron chi connectivity index (χ2n) is 3.31. The highest BCUT2D eigenvalue weighted by molar-refractivity contribution is 8.13. The summed E-state index contributed by atoms with van der Waals surface area (Å²) < 4.78 is 27.2. The molecule has 0 saturated carbocycles. The van der Waals surface area contributed by atoms with Crippen molar-refractivity contribution < 1.29 is 17.9 Å². The minimum atomic E-state index is -3.94. The largest absolute Gasteiger partial charge is 0.465 e. The Balaban J connectivity index is 3.71. The maximum atomic E-state index is 11.6. The number of methoxy groups -OCH3 is 1. The first-order chi connectivity index (χ1) is 8.35. The minimum Gasteiger partial charge on any atom is -0.465 e. The maximum absolute atomic E-state index is 11.6. The Bertz CT molecular complexity index is 617. The van der Waals surface area contributed by atoms with Crippen LogP contribution in [0.4, 0.5) is 0 Å². The molecule has 1 aromatic rings. The predicted molar refractivity (Wildman–Crippen MR) is 71.0 cm³/mol. The first-order valence-corrected chi connectivity index (χ1v) is 7.12. The zero-order valence-corrected chi connectivity index (χ0v) is 11.2. The summed E-state index contributed by atoms with van der Waals surface area (Å²) >= 11 is 0. The Morgan fingerprint density at radius 1 is 1.33 bits per heavy atom. The van der Waals surface area contributed by atoms with E-state index in [1.807, 2.05) is 0 Å². The molecule has 18 heavy (non-hydrogen) atoms. The van der Waals surface area contributed by atoms with Crippen LogP contribution in [0.25, 0.3) is 12.2 Å². The van der Waals surface area contributed by atoms with Gasteiger partial charge in [-0.25, -0.2) is 13.2 Å². The lowest BCUT2D eigenvalue weighted by atomic mass is 10.0. The van der Waals surface area contributed by atoms with Gasteiger partial charge in [0.15, 0.2) is 0 Å². The van der Waals surface area contributed by atoms with Crippen molar-refractivity contribution in [3.63, 3.8) is 0 Å². The molecule has 0 N–H and O–H groups in total. The number of benzene rings is 1. The van der Waals surface area contributed by atoms with Crippen molar-refractivity contribution in [2.24, 2.45) is 0 Å². The molecule has 1 rings (SSSR count). The Morgan fingerprint density at radius 2 is 1.94 bits per heavy atom. The molecule has 96 valence electrons. The molecular weight excluding hydrogens is 276 g/mol. The fourth-order valence-corrected chi connectivity index (χ4v) is 2.26. The van der Waals surface area contributed by atoms with E-state index >= 15 is 0 Å². The molecule has 0 radical (unpaired) electrons. The van der Waals surface area contributed by atoms with Gasteiger partial charge in [0.2, 0.25) is 0 Å². The summed E-state index contributed by atoms with van der Waals surface area (Å²) in [6, 6.07) is 2.47. The molecule has 0 aliphatic heterocycles. The van der Waals surface area contributed by atoms with Crippen molar-refractivity contribution in [1.82, 2.24) is 0 Å². The van der Waals surface area contributed by atoms with E-state index in [0.29, 0.717) is 11.1 Å². The number of halogens is 1. The molecule has 0 aliphatic rings. The van der Waals surface area contributed by atoms with Gasteiger partial charge >= 0.3 is 5.97 Å². The summed E-state index contributed by atoms with van der Waals surface area (Å²) in [5.74, 6) is -0.671. The average molecular weight is 287 g/mol. The molecule has 1 aromatic carbocycles. The van der Waals surface area contributed by atoms with Crippen molar-refractivity contribution >= 4 is 37.9 Å². The smallest absolute Gasteiger partial charge is 0.338 e. The molecule has 0 aromatic heterocycles. The van der Waals surface area contributed by atoms with E-state index < -0.39 is 15.0 Å². The highest BCUT2D eigenvalue weighted by atomic mass is 35.7. The third kappa shape index (κ3) is 2.80. The Morgan fingerprint density at radius 3 is 2.33 bits per heavy atom. The van der Waals surface area contributed by atoms with Gasteiger partial charge < -0.3 is 4.74 Å². The van der Waals surface area contributed by atoms with Crippen LogP contribution in [0, 0.1) is 0 Å². The lowest BCUT2D eigenvalue weighted by Gasteiger charge is -2.09. The summed E-state index contributed by atoms with van der Waals surface area (Å²) in [6.45, 7) is 7.12. The molecule has 0 aliphatic carbocycles. The van der Waals surface area contributed by atoms with E-state index in [9.17, 15) is 13.2 Å². The number of hydrogen-bond donors (Lipinski definition) is 0. The Labute approximate surface area is 110 Å². The van der Waals surface area contributed by atoms with E-state index in [0.717, 1.165) is 6.07 Å². The number of carbonyl (C=O) groups excluding carboxylic acids is 1. The number of esters is 1. The van der Waals surface area contributed by atoms with Crippen molar-refractivity contribution in [2.45, 2.75) is 4.90 Å². The van der Waals surface area contributed by atoms with Crippen LogP contribution in [-0.2, 0) is 13.8 Å². The summed E-state index contributed by atoms with van der Waals surface area (Å²) in [5.41, 5.74) is 0.956. The Hall–Kier alpha value is -1.59. The van der Waals surface area contributed by atoms with E-state index in [1.165, 1.54) is 25.3 Å². The standard InChI is InChI=1S/C12H11ClO4S/c1-4-8-6-9(18(13,15)16)7-11(10(8)5-2)12(14)17-3/h4-7H,1-2H2,3H3. The summed E-state index contributed by atoms with van der Waals surface area (Å²) in [6.07, 6.45) is 2.84. The second kappa shape index (κ2) is 5.37. The van der Waals surface area contributed by atoms with Gasteiger partial charge in [0.05, 0.1) is 17.6 Å². The molecule has 0 spiro atoms. The lowest BCUT2D eigenvalue weighted by molar-refractivity contribution is 0.0600. The van der Waals surface area contributed by atoms with Gasteiger partial charge in [-0.15, -0.1) is 0 Å². The maximum Gasteiger partial charge on any atom is 0.338 e. The molecule has 0 heterocycles. The van der Waals surface area contributed by atoms with E-state index in [4.69, 9.17) is 10.7 Å². The van der Waals surface area contributed by atoms with Crippen molar-refractivity contribution in [3.05, 3.63) is 42.0 Å². The predicted octanol–water partition coefficient (Wildman–Crippen LogP) is 2.69. The Kier molecular flexibility index (Phi) is 4.32. The van der Waals surface area contributed by atoms with Gasteiger partial charge in [-0.05, 0) is 23.3 Å². The molecule has 0 unspecified atom stereocenters. The van der Waals surface area contributed by atoms with E-state index in [2.05, 4.69) is 17.9 Å². The average Bonchev–Trinajstić information content (AvgIpc) is 2.34. The van der Waals surface area contributed by atoms with Crippen LogP contribution in [0.5, 0.6) is 0 Å². The third-order valence-corrected chi connectivity index (χ3v) is 3.63. The van der Waals surface area contributed by atoms with Crippen molar-refractivity contribution in [3.8, 4) is 0 Å². The molecule has 6 heteroatoms. The molecular formula is C12H11ClO4S. The highest BCUT2D eigenvalue weighted by Gasteiger charge is 2.19. The van der Waals surface area contributed by atoms with Crippen LogP contribution in [0.3, 0.4) is 0 Å². The summed E-state index contributed by atoms with van der Waals surface area (Å²) in [4.78, 5) is 11.4. The third-order valence-electron chi connectivity index (χ3n) is 2.30. The van der Waals surface area contributed by atoms with Crippen LogP contribution in [-0.4, -0.2) is 21.5 Å². The van der Waals surface area contributed by atoms with Gasteiger partial charge in [-0.2, -0.15) is 0 Å². The number of carbonyl (C=O) groups is 1. The molecule has 0 amide bonds. The van der Waals surface area contributed by atoms with Crippen LogP contribution in [0.1, 0.15) is 21.5 Å². The summed E-state index contributed by atoms with van der Waals surface area (Å²) in [5, 5.41) is 0. The summed E-state index contributed by atoms with van der Waals surface area (Å²) in [7, 11) is 2.52. The van der Waals surface area contributed by atoms with Gasteiger partial charge in [-0.1, -0.05) is 25.3 Å². The molecule has 0 atom stereocenters. The zero-order valence-electron chi connectivity index (χ0n) is 9.64. The molecule has 0 saturated heterocycles. The lowest BCUT2D eigenvalue weighted by Crippen LogP contribution is -2.07. The number of rotatable bonds is 4. The molecule has 0 fully saturated rings. The monoisotopic (exact) mass is 286 g/mol. The molecule has 0 bridgehead atoms. The quantitative estimate of drug-likeness (QED) is 0.631. The van der Waals surface area contributed by atoms with Crippen LogP contribution >= 0.6 is 10.7 Å². The van der Waals surface area contributed by atoms with Crippen molar-refractivity contribution in [2.75, 3.05) is 7.11 Å². The van der Waals surface area contributed by atoms with Gasteiger partial charge in [0.1, 0.15) is 0 Å². The van der Waals surface area contributed by atoms with E-state index in [1.54, 1.807) is 0 Å². The SMILES string of the molecule is C=Cc1cc(S(=O)(=O)Cl)cc(C(=O)OC)c1C=C. The van der Waals surface area contributed by atoms with Crippen LogP contribution < -0.4 is 0 Å². The fraction of sp³-hybridized carbons (Fsp3) is 0.0833. The van der Waals surface area contributed by atoms with E-state index in [-0.39, 0.29) is 10.5 Å². The van der Waals surface area contributed by atoms with Gasteiger partial charge in [-0.3, -0.25) is 0 Å². The van der Waals surface area contributed by atoms with Crippen LogP contribution in [0.2, 0.25) is 0 Å². The number of hydrogen-bond acceptors (Lipinski definition) is 4. The second-order valence-corrected chi connectivity index (χ2v) is 5.88. The van der Waals surface area contributed by atoms with Crippen molar-refractivity contribution in [1.29, 1.82) is 0 Å². The number of ether oxygens (including phenoxy) is 1. The topological polar surface area (TPSA) is 60.4 Å². The zero-order chi connectivity index (χ0) is 13.9. The van der Waals surface area contributed by atoms with Gasteiger partial charge in [0, 0.05) is 10.7 Å². The first kappa shape index (κ1) is 14.5. The normalized spacial score (nSPS) is 10.8. The highest BCUT2D eigenvalue weighted by Crippen LogP contribution is 2.25.